The number of aryl methyl sites for hydroxylation is 1. The van der Waals surface area contributed by atoms with Crippen molar-refractivity contribution in [3.05, 3.63) is 29.8 Å². The third-order valence-electron chi connectivity index (χ3n) is 7.11. The van der Waals surface area contributed by atoms with Crippen molar-refractivity contribution >= 4 is 21.8 Å². The Bertz CT molecular complexity index is 1130. The van der Waals surface area contributed by atoms with E-state index in [0.717, 1.165) is 5.56 Å². The van der Waals surface area contributed by atoms with Crippen molar-refractivity contribution < 1.29 is 41.1 Å². The Labute approximate surface area is 218 Å². The van der Waals surface area contributed by atoms with Gasteiger partial charge in [0.2, 0.25) is 5.91 Å². The van der Waals surface area contributed by atoms with Crippen molar-refractivity contribution in [3.63, 3.8) is 0 Å². The maximum atomic E-state index is 13.2. The summed E-state index contributed by atoms with van der Waals surface area (Å²) in [5.41, 5.74) is 0.904. The Kier molecular flexibility index (Phi) is 7.61. The summed E-state index contributed by atoms with van der Waals surface area (Å²) in [6.07, 6.45) is -1.59. The van der Waals surface area contributed by atoms with Crippen LogP contribution in [0.5, 0.6) is 0 Å². The van der Waals surface area contributed by atoms with Crippen LogP contribution in [0.25, 0.3) is 0 Å². The van der Waals surface area contributed by atoms with E-state index in [1.807, 2.05) is 13.8 Å². The largest absolute Gasteiger partial charge is 0.348 e. The van der Waals surface area contributed by atoms with Gasteiger partial charge in [-0.3, -0.25) is 13.8 Å². The second-order valence-corrected chi connectivity index (χ2v) is 12.5. The normalized spacial score (nSPS) is 31.8. The van der Waals surface area contributed by atoms with Gasteiger partial charge in [0, 0.05) is 0 Å². The van der Waals surface area contributed by atoms with E-state index in [0.29, 0.717) is 6.42 Å². The van der Waals surface area contributed by atoms with E-state index in [9.17, 15) is 18.0 Å². The molecule has 3 aliphatic rings. The molecule has 0 spiro atoms. The van der Waals surface area contributed by atoms with Crippen LogP contribution in [0, 0.1) is 12.8 Å². The molecule has 0 aliphatic carbocycles. The average molecular weight is 540 g/mol. The SMILES string of the molecule is CC[C@@H]1C(=O)N([C@@H](COS(=O)(=O)c2ccc(C)cc2)[C@H]2OC(C)(C)O[C@@H]2[C@H]2COC(C)(C)O2)[C@@H]1C(C)=O. The molecular weight excluding hydrogens is 502 g/mol. The van der Waals surface area contributed by atoms with Crippen molar-refractivity contribution in [3.8, 4) is 0 Å². The molecule has 3 heterocycles. The zero-order chi connectivity index (χ0) is 27.3. The van der Waals surface area contributed by atoms with E-state index < -0.39 is 64.6 Å². The molecule has 1 amide bonds. The van der Waals surface area contributed by atoms with Crippen LogP contribution in [-0.4, -0.2) is 80.2 Å². The molecule has 37 heavy (non-hydrogen) atoms. The molecule has 3 fully saturated rings. The molecular formula is C26H37NO9S. The van der Waals surface area contributed by atoms with E-state index in [-0.39, 0.29) is 23.2 Å². The number of carbonyl (C=O) groups is 2. The summed E-state index contributed by atoms with van der Waals surface area (Å²) in [5, 5.41) is 0. The Morgan fingerprint density at radius 2 is 1.76 bits per heavy atom. The summed E-state index contributed by atoms with van der Waals surface area (Å²) in [6, 6.07) is 4.65. The average Bonchev–Trinajstić information content (AvgIpc) is 3.32. The lowest BCUT2D eigenvalue weighted by atomic mass is 9.80. The number of amides is 1. The number of carbonyl (C=O) groups excluding carboxylic acids is 2. The molecule has 1 aromatic carbocycles. The Morgan fingerprint density at radius 3 is 2.30 bits per heavy atom. The fourth-order valence-electron chi connectivity index (χ4n) is 5.37. The van der Waals surface area contributed by atoms with Gasteiger partial charge in [-0.1, -0.05) is 24.6 Å². The lowest BCUT2D eigenvalue weighted by Crippen LogP contribution is -2.71. The van der Waals surface area contributed by atoms with Gasteiger partial charge in [-0.15, -0.1) is 0 Å². The van der Waals surface area contributed by atoms with E-state index in [2.05, 4.69) is 0 Å². The van der Waals surface area contributed by atoms with E-state index >= 15 is 0 Å². The Hall–Kier alpha value is -1.89. The molecule has 1 aromatic rings. The van der Waals surface area contributed by atoms with Crippen LogP contribution in [-0.2, 0) is 42.8 Å². The number of ether oxygens (including phenoxy) is 4. The number of likely N-dealkylation sites (tertiary alicyclic amines) is 1. The molecule has 206 valence electrons. The van der Waals surface area contributed by atoms with Crippen molar-refractivity contribution in [2.24, 2.45) is 5.92 Å². The first-order valence-corrected chi connectivity index (χ1v) is 14.0. The highest BCUT2D eigenvalue weighted by Crippen LogP contribution is 2.41. The summed E-state index contributed by atoms with van der Waals surface area (Å²) in [7, 11) is -4.15. The van der Waals surface area contributed by atoms with Crippen LogP contribution in [0.1, 0.15) is 53.5 Å². The van der Waals surface area contributed by atoms with Gasteiger partial charge in [-0.25, -0.2) is 0 Å². The Balaban J connectivity index is 1.67. The number of rotatable bonds is 9. The Morgan fingerprint density at radius 1 is 1.11 bits per heavy atom. The van der Waals surface area contributed by atoms with Crippen LogP contribution in [0.2, 0.25) is 0 Å². The van der Waals surface area contributed by atoms with E-state index in [4.69, 9.17) is 23.1 Å². The van der Waals surface area contributed by atoms with Crippen LogP contribution in [0.15, 0.2) is 29.2 Å². The number of ketones is 1. The summed E-state index contributed by atoms with van der Waals surface area (Å²) in [6.45, 7) is 12.0. The number of benzene rings is 1. The lowest BCUT2D eigenvalue weighted by molar-refractivity contribution is -0.181. The molecule has 0 N–H and O–H groups in total. The standard InChI is InChI=1S/C26H37NO9S/c1-8-18-21(16(3)28)27(24(18)29)19(13-33-37(30,31)17-11-9-15(2)10-12-17)22-23(36-26(6,7)35-22)20-14-32-25(4,5)34-20/h9-12,18-23H,8,13-14H2,1-7H3/t18-,19-,20+,21+,22+,23+/m0/s1. The van der Waals surface area contributed by atoms with Crippen LogP contribution < -0.4 is 0 Å². The highest BCUT2D eigenvalue weighted by molar-refractivity contribution is 7.86. The summed E-state index contributed by atoms with van der Waals surface area (Å²) >= 11 is 0. The van der Waals surface area contributed by atoms with Gasteiger partial charge in [-0.2, -0.15) is 8.42 Å². The molecule has 0 saturated carbocycles. The van der Waals surface area contributed by atoms with E-state index in [1.165, 1.54) is 24.0 Å². The van der Waals surface area contributed by atoms with Gasteiger partial charge >= 0.3 is 0 Å². The third kappa shape index (κ3) is 5.62. The fraction of sp³-hybridized carbons (Fsp3) is 0.692. The molecule has 0 aromatic heterocycles. The minimum Gasteiger partial charge on any atom is -0.348 e. The minimum absolute atomic E-state index is 0.00363. The summed E-state index contributed by atoms with van der Waals surface area (Å²) < 4.78 is 55.9. The molecule has 0 radical (unpaired) electrons. The number of β-lactam (4-membered cyclic amide) rings is 1. The molecule has 3 aliphatic heterocycles. The first-order chi connectivity index (χ1) is 17.2. The highest BCUT2D eigenvalue weighted by atomic mass is 32.2. The molecule has 3 saturated heterocycles. The molecule has 0 unspecified atom stereocenters. The van der Waals surface area contributed by atoms with Crippen molar-refractivity contribution in [2.75, 3.05) is 13.2 Å². The summed E-state index contributed by atoms with van der Waals surface area (Å²) in [4.78, 5) is 27.3. The molecule has 10 nitrogen and oxygen atoms in total. The minimum atomic E-state index is -4.15. The highest BCUT2D eigenvalue weighted by Gasteiger charge is 2.59. The topological polar surface area (TPSA) is 118 Å². The zero-order valence-corrected chi connectivity index (χ0v) is 23.2. The first-order valence-electron chi connectivity index (χ1n) is 12.6. The van der Waals surface area contributed by atoms with Gasteiger partial charge in [0.1, 0.15) is 24.4 Å². The van der Waals surface area contributed by atoms with Gasteiger partial charge in [0.05, 0.1) is 30.1 Å². The van der Waals surface area contributed by atoms with Gasteiger partial charge < -0.3 is 23.8 Å². The van der Waals surface area contributed by atoms with Crippen molar-refractivity contribution in [1.82, 2.24) is 4.90 Å². The van der Waals surface area contributed by atoms with Crippen LogP contribution >= 0.6 is 0 Å². The quantitative estimate of drug-likeness (QED) is 0.345. The fourth-order valence-corrected chi connectivity index (χ4v) is 6.29. The second kappa shape index (κ2) is 10.0. The third-order valence-corrected chi connectivity index (χ3v) is 8.41. The number of Topliss-reactive ketones (excluding diaryl/α,β-unsaturated/α-hetero) is 1. The summed E-state index contributed by atoms with van der Waals surface area (Å²) in [5.74, 6) is -2.81. The lowest BCUT2D eigenvalue weighted by Gasteiger charge is -2.51. The maximum absolute atomic E-state index is 13.2. The first kappa shape index (κ1) is 28.1. The van der Waals surface area contributed by atoms with Crippen LogP contribution in [0.3, 0.4) is 0 Å². The predicted octanol–water partition coefficient (Wildman–Crippen LogP) is 2.57. The predicted molar refractivity (Wildman–Crippen MR) is 132 cm³/mol. The molecule has 11 heteroatoms. The number of hydrogen-bond donors (Lipinski definition) is 0. The molecule has 0 bridgehead atoms. The number of nitrogens with zero attached hydrogens (tertiary/aromatic N) is 1. The van der Waals surface area contributed by atoms with E-state index in [1.54, 1.807) is 39.8 Å². The smallest absolute Gasteiger partial charge is 0.297 e. The monoisotopic (exact) mass is 539 g/mol. The second-order valence-electron chi connectivity index (χ2n) is 10.9. The maximum Gasteiger partial charge on any atom is 0.297 e. The molecule has 6 atom stereocenters. The zero-order valence-electron chi connectivity index (χ0n) is 22.4. The van der Waals surface area contributed by atoms with Crippen LogP contribution in [0.4, 0.5) is 0 Å². The number of hydrogen-bond acceptors (Lipinski definition) is 9. The van der Waals surface area contributed by atoms with Gasteiger partial charge in [-0.05, 0) is 60.1 Å². The van der Waals surface area contributed by atoms with Gasteiger partial charge in [0.25, 0.3) is 10.1 Å². The van der Waals surface area contributed by atoms with Crippen molar-refractivity contribution in [1.29, 1.82) is 0 Å². The van der Waals surface area contributed by atoms with Gasteiger partial charge in [0.15, 0.2) is 17.4 Å². The van der Waals surface area contributed by atoms with Crippen molar-refractivity contribution in [2.45, 2.75) is 102 Å². The molecule has 4 rings (SSSR count).